The van der Waals surface area contributed by atoms with Gasteiger partial charge in [-0.2, -0.15) is 0 Å². The molecule has 2 aliphatic rings. The molecule has 1 aromatic heterocycles. The third-order valence-electron chi connectivity index (χ3n) is 7.40. The highest BCUT2D eigenvalue weighted by Crippen LogP contribution is 2.37. The highest BCUT2D eigenvalue weighted by molar-refractivity contribution is 7.15. The summed E-state index contributed by atoms with van der Waals surface area (Å²) in [7, 11) is 1.79. The largest absolute Gasteiger partial charge is 0.477 e. The predicted molar refractivity (Wildman–Crippen MR) is 147 cm³/mol. The number of carbonyl (C=O) groups is 3. The van der Waals surface area contributed by atoms with Crippen LogP contribution in [0.2, 0.25) is 0 Å². The first-order chi connectivity index (χ1) is 17.4. The number of carboxylic acids is 1. The van der Waals surface area contributed by atoms with Crippen molar-refractivity contribution in [2.45, 2.75) is 91.6 Å². The van der Waals surface area contributed by atoms with Crippen molar-refractivity contribution in [3.8, 4) is 11.8 Å². The van der Waals surface area contributed by atoms with Crippen molar-refractivity contribution in [1.82, 2.24) is 4.90 Å². The topological polar surface area (TPSA) is 87.2 Å². The molecular formula is C29H42N2O5S. The van der Waals surface area contributed by atoms with Gasteiger partial charge >= 0.3 is 5.97 Å². The fraction of sp³-hybridized carbons (Fsp3) is 0.690. The van der Waals surface area contributed by atoms with E-state index < -0.39 is 12.0 Å². The summed E-state index contributed by atoms with van der Waals surface area (Å²) in [5, 5.41) is 10.1. The van der Waals surface area contributed by atoms with E-state index in [-0.39, 0.29) is 34.1 Å². The molecule has 1 aromatic rings. The number of aromatic carboxylic acids is 1. The number of carbonyl (C=O) groups excluding carboxylic acids is 2. The second kappa shape index (κ2) is 12.4. The first-order valence-corrected chi connectivity index (χ1v) is 14.3. The number of likely N-dealkylation sites (N-methyl/N-ethyl adjacent to an activating group) is 1. The number of anilines is 1. The predicted octanol–water partition coefficient (Wildman–Crippen LogP) is 5.42. The SMILES string of the molecule is CC[C@@H](C(=O)N(C)C1CCOCC1)N(c1cc(C#CC(C)(C)C)sc1C(=O)O)C(=O)[C@H]1CC[C@H](C)CC1. The van der Waals surface area contributed by atoms with Gasteiger partial charge in [0.05, 0.1) is 10.6 Å². The van der Waals surface area contributed by atoms with Crippen LogP contribution in [0.3, 0.4) is 0 Å². The van der Waals surface area contributed by atoms with Crippen LogP contribution in [0.15, 0.2) is 6.07 Å². The number of hydrogen-bond acceptors (Lipinski definition) is 5. The Balaban J connectivity index is 2.06. The fourth-order valence-electron chi connectivity index (χ4n) is 5.12. The van der Waals surface area contributed by atoms with Crippen LogP contribution in [0.4, 0.5) is 5.69 Å². The summed E-state index contributed by atoms with van der Waals surface area (Å²) in [6, 6.07) is 0.953. The lowest BCUT2D eigenvalue weighted by Crippen LogP contribution is -2.54. The number of thiophene rings is 1. The quantitative estimate of drug-likeness (QED) is 0.476. The molecule has 2 fully saturated rings. The van der Waals surface area contributed by atoms with Crippen LogP contribution >= 0.6 is 11.3 Å². The van der Waals surface area contributed by atoms with Crippen LogP contribution < -0.4 is 4.90 Å². The molecule has 1 atom stereocenters. The van der Waals surface area contributed by atoms with Gasteiger partial charge in [-0.05, 0) is 77.7 Å². The Morgan fingerprint density at radius 3 is 2.30 bits per heavy atom. The molecule has 1 aliphatic heterocycles. The highest BCUT2D eigenvalue weighted by Gasteiger charge is 2.40. The number of nitrogens with zero attached hydrogens (tertiary/aromatic N) is 2. The Morgan fingerprint density at radius 1 is 1.14 bits per heavy atom. The molecule has 0 radical (unpaired) electrons. The van der Waals surface area contributed by atoms with Gasteiger partial charge in [-0.15, -0.1) is 11.3 Å². The zero-order valence-corrected chi connectivity index (χ0v) is 24.0. The third kappa shape index (κ3) is 7.36. The summed E-state index contributed by atoms with van der Waals surface area (Å²) in [5.41, 5.74) is 0.0378. The van der Waals surface area contributed by atoms with Crippen LogP contribution in [-0.4, -0.2) is 60.1 Å². The van der Waals surface area contributed by atoms with Crippen LogP contribution in [-0.2, 0) is 14.3 Å². The van der Waals surface area contributed by atoms with Crippen LogP contribution in [0.25, 0.3) is 0 Å². The first kappa shape index (κ1) is 29.2. The molecule has 8 heteroatoms. The van der Waals surface area contributed by atoms with Gasteiger partial charge in [-0.25, -0.2) is 4.79 Å². The monoisotopic (exact) mass is 530 g/mol. The molecule has 7 nitrogen and oxygen atoms in total. The van der Waals surface area contributed by atoms with Gasteiger partial charge < -0.3 is 14.7 Å². The van der Waals surface area contributed by atoms with E-state index in [4.69, 9.17) is 4.74 Å². The zero-order valence-electron chi connectivity index (χ0n) is 23.1. The zero-order chi connectivity index (χ0) is 27.3. The molecule has 1 N–H and O–H groups in total. The van der Waals surface area contributed by atoms with Crippen molar-refractivity contribution in [2.24, 2.45) is 17.3 Å². The van der Waals surface area contributed by atoms with Crippen molar-refractivity contribution in [3.63, 3.8) is 0 Å². The third-order valence-corrected chi connectivity index (χ3v) is 8.43. The Bertz CT molecular complexity index is 1030. The standard InChI is InChI=1S/C29H42N2O5S/c1-7-23(27(33)30(6)21-13-16-36-17-14-21)31(26(32)20-10-8-19(2)9-11-20)24-18-22(12-15-29(3,4)5)37-25(24)28(34)35/h18-21,23H,7-11,13-14,16-17H2,1-6H3,(H,34,35)/t19-,20-,23-/m0/s1. The van der Waals surface area contributed by atoms with Gasteiger partial charge in [0.2, 0.25) is 11.8 Å². The fourth-order valence-corrected chi connectivity index (χ4v) is 5.96. The van der Waals surface area contributed by atoms with E-state index >= 15 is 0 Å². The molecule has 204 valence electrons. The average Bonchev–Trinajstić information content (AvgIpc) is 3.29. The molecule has 0 aromatic carbocycles. The van der Waals surface area contributed by atoms with E-state index in [0.717, 1.165) is 49.9 Å². The van der Waals surface area contributed by atoms with Gasteiger partial charge in [-0.1, -0.05) is 25.7 Å². The second-order valence-electron chi connectivity index (χ2n) is 11.5. The maximum absolute atomic E-state index is 14.1. The van der Waals surface area contributed by atoms with Crippen molar-refractivity contribution < 1.29 is 24.2 Å². The molecule has 2 heterocycles. The van der Waals surface area contributed by atoms with Crippen LogP contribution in [0.5, 0.6) is 0 Å². The highest BCUT2D eigenvalue weighted by atomic mass is 32.1. The van der Waals surface area contributed by atoms with Crippen molar-refractivity contribution >= 4 is 34.8 Å². The molecule has 0 bridgehead atoms. The number of hydrogen-bond donors (Lipinski definition) is 1. The minimum atomic E-state index is -1.11. The Hall–Kier alpha value is -2.37. The summed E-state index contributed by atoms with van der Waals surface area (Å²) < 4.78 is 5.47. The molecule has 1 saturated heterocycles. The van der Waals surface area contributed by atoms with E-state index in [9.17, 15) is 19.5 Å². The summed E-state index contributed by atoms with van der Waals surface area (Å²) in [6.07, 6.45) is 5.29. The molecule has 1 saturated carbocycles. The minimum absolute atomic E-state index is 0.0393. The maximum Gasteiger partial charge on any atom is 0.348 e. The minimum Gasteiger partial charge on any atom is -0.477 e. The lowest BCUT2D eigenvalue weighted by molar-refractivity contribution is -0.137. The second-order valence-corrected chi connectivity index (χ2v) is 12.6. The Morgan fingerprint density at radius 2 is 1.76 bits per heavy atom. The molecule has 0 spiro atoms. The molecule has 37 heavy (non-hydrogen) atoms. The van der Waals surface area contributed by atoms with Crippen LogP contribution in [0.1, 0.15) is 94.1 Å². The lowest BCUT2D eigenvalue weighted by Gasteiger charge is -2.39. The van der Waals surface area contributed by atoms with Gasteiger partial charge in [0.15, 0.2) is 0 Å². The van der Waals surface area contributed by atoms with Crippen molar-refractivity contribution in [3.05, 3.63) is 15.8 Å². The van der Waals surface area contributed by atoms with Crippen LogP contribution in [0, 0.1) is 29.1 Å². The smallest absolute Gasteiger partial charge is 0.348 e. The van der Waals surface area contributed by atoms with E-state index in [1.54, 1.807) is 18.0 Å². The first-order valence-electron chi connectivity index (χ1n) is 13.5. The summed E-state index contributed by atoms with van der Waals surface area (Å²) >= 11 is 1.07. The Labute approximate surface area is 225 Å². The number of amides is 2. The van der Waals surface area contributed by atoms with E-state index in [1.807, 2.05) is 27.7 Å². The molecule has 1 aliphatic carbocycles. The van der Waals surface area contributed by atoms with E-state index in [0.29, 0.717) is 36.1 Å². The number of rotatable bonds is 7. The molecule has 3 rings (SSSR count). The van der Waals surface area contributed by atoms with Crippen molar-refractivity contribution in [2.75, 3.05) is 25.2 Å². The molecular weight excluding hydrogens is 488 g/mol. The Kier molecular flexibility index (Phi) is 9.82. The maximum atomic E-state index is 14.1. The van der Waals surface area contributed by atoms with E-state index in [2.05, 4.69) is 18.8 Å². The summed E-state index contributed by atoms with van der Waals surface area (Å²) in [5.74, 6) is 5.18. The normalized spacial score (nSPS) is 21.5. The van der Waals surface area contributed by atoms with Gasteiger partial charge in [0.25, 0.3) is 0 Å². The molecule has 0 unspecified atom stereocenters. The van der Waals surface area contributed by atoms with Gasteiger partial charge in [0.1, 0.15) is 10.9 Å². The number of carboxylic acid groups (broad SMARTS) is 1. The number of ether oxygens (including phenoxy) is 1. The molecule has 2 amide bonds. The summed E-state index contributed by atoms with van der Waals surface area (Å²) in [4.78, 5) is 44.3. The lowest BCUT2D eigenvalue weighted by atomic mass is 9.82. The van der Waals surface area contributed by atoms with E-state index in [1.165, 1.54) is 4.90 Å². The van der Waals surface area contributed by atoms with Crippen molar-refractivity contribution in [1.29, 1.82) is 0 Å². The van der Waals surface area contributed by atoms with Gasteiger partial charge in [0, 0.05) is 37.6 Å². The van der Waals surface area contributed by atoms with Gasteiger partial charge in [-0.3, -0.25) is 14.5 Å². The average molecular weight is 531 g/mol. The summed E-state index contributed by atoms with van der Waals surface area (Å²) in [6.45, 7) is 11.3.